The normalized spacial score (nSPS) is 25.8. The van der Waals surface area contributed by atoms with Crippen LogP contribution in [0.5, 0.6) is 0 Å². The van der Waals surface area contributed by atoms with Crippen LogP contribution in [0.25, 0.3) is 0 Å². The van der Waals surface area contributed by atoms with Crippen molar-refractivity contribution >= 4 is 10.0 Å². The lowest BCUT2D eigenvalue weighted by molar-refractivity contribution is 0.159. The minimum atomic E-state index is -3.49. The number of benzene rings is 1. The molecule has 1 aromatic rings. The van der Waals surface area contributed by atoms with E-state index in [1.54, 1.807) is 30.3 Å². The Labute approximate surface area is 95.4 Å². The van der Waals surface area contributed by atoms with E-state index in [0.29, 0.717) is 12.8 Å². The van der Waals surface area contributed by atoms with Crippen LogP contribution in [0.15, 0.2) is 35.2 Å². The summed E-state index contributed by atoms with van der Waals surface area (Å²) in [6.45, 7) is 0. The molecule has 2 atom stereocenters. The summed E-state index contributed by atoms with van der Waals surface area (Å²) >= 11 is 0. The van der Waals surface area contributed by atoms with E-state index in [1.165, 1.54) is 0 Å². The van der Waals surface area contributed by atoms with Crippen molar-refractivity contribution < 1.29 is 13.5 Å². The molecule has 2 rings (SSSR count). The smallest absolute Gasteiger partial charge is 0.240 e. The van der Waals surface area contributed by atoms with Gasteiger partial charge in [-0.25, -0.2) is 13.1 Å². The van der Waals surface area contributed by atoms with Crippen molar-refractivity contribution in [2.24, 2.45) is 0 Å². The van der Waals surface area contributed by atoms with Crippen molar-refractivity contribution in [1.29, 1.82) is 0 Å². The summed E-state index contributed by atoms with van der Waals surface area (Å²) < 4.78 is 26.4. The predicted molar refractivity (Wildman–Crippen MR) is 60.4 cm³/mol. The molecule has 0 radical (unpaired) electrons. The van der Waals surface area contributed by atoms with Gasteiger partial charge in [0, 0.05) is 6.04 Å². The van der Waals surface area contributed by atoms with E-state index in [4.69, 9.17) is 0 Å². The summed E-state index contributed by atoms with van der Waals surface area (Å²) in [6, 6.07) is 7.88. The van der Waals surface area contributed by atoms with Gasteiger partial charge in [-0.2, -0.15) is 0 Å². The Morgan fingerprint density at radius 2 is 1.88 bits per heavy atom. The van der Waals surface area contributed by atoms with Crippen LogP contribution in [0.2, 0.25) is 0 Å². The minimum absolute atomic E-state index is 0.245. The molecule has 88 valence electrons. The second-order valence-electron chi connectivity index (χ2n) is 4.04. The molecule has 0 spiro atoms. The van der Waals surface area contributed by atoms with Gasteiger partial charge in [0.1, 0.15) is 0 Å². The zero-order chi connectivity index (χ0) is 11.6. The molecular weight excluding hydrogens is 226 g/mol. The molecule has 0 bridgehead atoms. The molecule has 0 aliphatic heterocycles. The third-order valence-electron chi connectivity index (χ3n) is 2.84. The molecule has 5 heteroatoms. The number of sulfonamides is 1. The molecule has 1 aliphatic carbocycles. The molecule has 1 saturated carbocycles. The average molecular weight is 241 g/mol. The van der Waals surface area contributed by atoms with Gasteiger partial charge in [0.15, 0.2) is 0 Å². The standard InChI is InChI=1S/C11H15NO3S/c13-11-8-4-7-10(11)12-16(14,15)9-5-2-1-3-6-9/h1-3,5-6,10-13H,4,7-8H2/t10-,11-/m0/s1. The van der Waals surface area contributed by atoms with Gasteiger partial charge >= 0.3 is 0 Å². The van der Waals surface area contributed by atoms with Gasteiger partial charge in [0.25, 0.3) is 0 Å². The van der Waals surface area contributed by atoms with Crippen molar-refractivity contribution in [1.82, 2.24) is 4.72 Å². The first-order chi connectivity index (χ1) is 7.59. The fourth-order valence-corrected chi connectivity index (χ4v) is 3.27. The monoisotopic (exact) mass is 241 g/mol. The highest BCUT2D eigenvalue weighted by Crippen LogP contribution is 2.21. The molecule has 1 aromatic carbocycles. The van der Waals surface area contributed by atoms with Crippen molar-refractivity contribution in [2.75, 3.05) is 0 Å². The molecule has 16 heavy (non-hydrogen) atoms. The number of aliphatic hydroxyl groups excluding tert-OH is 1. The number of rotatable bonds is 3. The highest BCUT2D eigenvalue weighted by Gasteiger charge is 2.29. The zero-order valence-electron chi connectivity index (χ0n) is 8.83. The van der Waals surface area contributed by atoms with Crippen LogP contribution in [0, 0.1) is 0 Å². The SMILES string of the molecule is O=S(=O)(N[C@H]1CCC[C@@H]1O)c1ccccc1. The summed E-state index contributed by atoms with van der Waals surface area (Å²) in [4.78, 5) is 0.245. The van der Waals surface area contributed by atoms with Gasteiger partial charge in [-0.15, -0.1) is 0 Å². The molecular formula is C11H15NO3S. The first kappa shape index (κ1) is 11.6. The molecule has 0 unspecified atom stereocenters. The maximum absolute atomic E-state index is 11.9. The maximum atomic E-state index is 11.9. The Bertz CT molecular complexity index is 444. The molecule has 1 fully saturated rings. The molecule has 1 aliphatic rings. The molecule has 0 saturated heterocycles. The van der Waals surface area contributed by atoms with Crippen LogP contribution >= 0.6 is 0 Å². The Balaban J connectivity index is 2.15. The minimum Gasteiger partial charge on any atom is -0.391 e. The predicted octanol–water partition coefficient (Wildman–Crippen LogP) is 0.878. The summed E-state index contributed by atoms with van der Waals surface area (Å²) in [5, 5.41) is 9.57. The van der Waals surface area contributed by atoms with Crippen molar-refractivity contribution in [3.05, 3.63) is 30.3 Å². The summed E-state index contributed by atoms with van der Waals surface area (Å²) in [6.07, 6.45) is 1.68. The van der Waals surface area contributed by atoms with Gasteiger partial charge in [-0.3, -0.25) is 0 Å². The van der Waals surface area contributed by atoms with Gasteiger partial charge < -0.3 is 5.11 Å². The largest absolute Gasteiger partial charge is 0.391 e. The van der Waals surface area contributed by atoms with Crippen LogP contribution in [0.4, 0.5) is 0 Å². The average Bonchev–Trinajstić information content (AvgIpc) is 2.65. The molecule has 0 amide bonds. The lowest BCUT2D eigenvalue weighted by atomic mass is 10.2. The topological polar surface area (TPSA) is 66.4 Å². The number of nitrogens with one attached hydrogen (secondary N) is 1. The van der Waals surface area contributed by atoms with Crippen molar-refractivity contribution in [3.63, 3.8) is 0 Å². The number of hydrogen-bond donors (Lipinski definition) is 2. The Kier molecular flexibility index (Phi) is 3.28. The quantitative estimate of drug-likeness (QED) is 0.825. The van der Waals surface area contributed by atoms with E-state index < -0.39 is 16.1 Å². The third kappa shape index (κ3) is 2.42. The number of aliphatic hydroxyl groups is 1. The zero-order valence-corrected chi connectivity index (χ0v) is 9.65. The molecule has 0 aromatic heterocycles. The first-order valence-corrected chi connectivity index (χ1v) is 6.83. The van der Waals surface area contributed by atoms with E-state index in [0.717, 1.165) is 6.42 Å². The van der Waals surface area contributed by atoms with Crippen LogP contribution < -0.4 is 4.72 Å². The van der Waals surface area contributed by atoms with Gasteiger partial charge in [0.2, 0.25) is 10.0 Å². The Morgan fingerprint density at radius 3 is 2.44 bits per heavy atom. The first-order valence-electron chi connectivity index (χ1n) is 5.35. The van der Waals surface area contributed by atoms with E-state index in [-0.39, 0.29) is 10.9 Å². The second kappa shape index (κ2) is 4.53. The molecule has 2 N–H and O–H groups in total. The Morgan fingerprint density at radius 1 is 1.19 bits per heavy atom. The Hall–Kier alpha value is -0.910. The van der Waals surface area contributed by atoms with Gasteiger partial charge in [-0.05, 0) is 31.4 Å². The summed E-state index contributed by atoms with van der Waals surface area (Å²) in [7, 11) is -3.49. The van der Waals surface area contributed by atoms with Crippen LogP contribution in [-0.4, -0.2) is 25.7 Å². The fraction of sp³-hybridized carbons (Fsp3) is 0.455. The van der Waals surface area contributed by atoms with Crippen LogP contribution in [0.1, 0.15) is 19.3 Å². The van der Waals surface area contributed by atoms with Crippen molar-refractivity contribution in [3.8, 4) is 0 Å². The van der Waals surface area contributed by atoms with Gasteiger partial charge in [0.05, 0.1) is 11.0 Å². The number of hydrogen-bond acceptors (Lipinski definition) is 3. The molecule has 4 nitrogen and oxygen atoms in total. The van der Waals surface area contributed by atoms with E-state index in [9.17, 15) is 13.5 Å². The highest BCUT2D eigenvalue weighted by molar-refractivity contribution is 7.89. The van der Waals surface area contributed by atoms with E-state index in [1.807, 2.05) is 0 Å². The second-order valence-corrected chi connectivity index (χ2v) is 5.75. The van der Waals surface area contributed by atoms with Crippen molar-refractivity contribution in [2.45, 2.75) is 36.3 Å². The summed E-state index contributed by atoms with van der Waals surface area (Å²) in [5.41, 5.74) is 0. The third-order valence-corrected chi connectivity index (χ3v) is 4.35. The van der Waals surface area contributed by atoms with Gasteiger partial charge in [-0.1, -0.05) is 18.2 Å². The van der Waals surface area contributed by atoms with Crippen LogP contribution in [0.3, 0.4) is 0 Å². The van der Waals surface area contributed by atoms with E-state index in [2.05, 4.69) is 4.72 Å². The van der Waals surface area contributed by atoms with E-state index >= 15 is 0 Å². The molecule has 0 heterocycles. The highest BCUT2D eigenvalue weighted by atomic mass is 32.2. The fourth-order valence-electron chi connectivity index (χ4n) is 1.94. The lowest BCUT2D eigenvalue weighted by Crippen LogP contribution is -2.39. The lowest BCUT2D eigenvalue weighted by Gasteiger charge is -2.16. The summed E-state index contributed by atoms with van der Waals surface area (Å²) in [5.74, 6) is 0. The van der Waals surface area contributed by atoms with Crippen LogP contribution in [-0.2, 0) is 10.0 Å². The maximum Gasteiger partial charge on any atom is 0.240 e.